The van der Waals surface area contributed by atoms with E-state index < -0.39 is 10.0 Å². The van der Waals surface area contributed by atoms with Crippen LogP contribution in [0.5, 0.6) is 0 Å². The van der Waals surface area contributed by atoms with Crippen molar-refractivity contribution in [1.29, 1.82) is 0 Å². The van der Waals surface area contributed by atoms with Gasteiger partial charge < -0.3 is 5.73 Å². The van der Waals surface area contributed by atoms with Crippen LogP contribution in [-0.4, -0.2) is 49.8 Å². The first-order valence-electron chi connectivity index (χ1n) is 7.58. The molecule has 1 aliphatic carbocycles. The van der Waals surface area contributed by atoms with Gasteiger partial charge in [0.05, 0.1) is 4.90 Å². The molecule has 1 atom stereocenters. The molecule has 3 rings (SSSR count). The van der Waals surface area contributed by atoms with Crippen LogP contribution in [0, 0.1) is 0 Å². The van der Waals surface area contributed by atoms with Crippen LogP contribution in [0.1, 0.15) is 31.4 Å². The number of sulfonamides is 1. The molecule has 1 unspecified atom stereocenters. The molecule has 6 heteroatoms. The first kappa shape index (κ1) is 15.0. The standard InChI is InChI=1S/C15H23N3O2S/c1-12(16)13-3-2-4-15(11-13)21(19,20)18-9-7-17(8-10-18)14-5-6-14/h2-4,11-12,14H,5-10,16H2,1H3. The Labute approximate surface area is 126 Å². The van der Waals surface area contributed by atoms with Crippen LogP contribution in [0.2, 0.25) is 0 Å². The summed E-state index contributed by atoms with van der Waals surface area (Å²) < 4.78 is 27.0. The van der Waals surface area contributed by atoms with Gasteiger partial charge in [0.25, 0.3) is 0 Å². The monoisotopic (exact) mass is 309 g/mol. The summed E-state index contributed by atoms with van der Waals surface area (Å²) in [5, 5.41) is 0. The van der Waals surface area contributed by atoms with Crippen molar-refractivity contribution in [3.63, 3.8) is 0 Å². The van der Waals surface area contributed by atoms with Gasteiger partial charge in [0.15, 0.2) is 0 Å². The topological polar surface area (TPSA) is 66.6 Å². The van der Waals surface area contributed by atoms with E-state index in [2.05, 4.69) is 4.90 Å². The lowest BCUT2D eigenvalue weighted by Gasteiger charge is -2.34. The molecule has 1 heterocycles. The van der Waals surface area contributed by atoms with E-state index in [0.29, 0.717) is 24.0 Å². The lowest BCUT2D eigenvalue weighted by Crippen LogP contribution is -2.49. The first-order valence-corrected chi connectivity index (χ1v) is 9.02. The van der Waals surface area contributed by atoms with Crippen molar-refractivity contribution in [3.05, 3.63) is 29.8 Å². The molecule has 1 aromatic carbocycles. The van der Waals surface area contributed by atoms with E-state index in [0.717, 1.165) is 18.7 Å². The molecule has 2 aliphatic rings. The van der Waals surface area contributed by atoms with Crippen molar-refractivity contribution in [2.45, 2.75) is 36.7 Å². The molecule has 0 amide bonds. The van der Waals surface area contributed by atoms with Crippen molar-refractivity contribution in [1.82, 2.24) is 9.21 Å². The molecule has 0 aromatic heterocycles. The van der Waals surface area contributed by atoms with Gasteiger partial charge in [-0.15, -0.1) is 0 Å². The lowest BCUT2D eigenvalue weighted by molar-refractivity contribution is 0.180. The molecule has 1 aliphatic heterocycles. The average molecular weight is 309 g/mol. The highest BCUT2D eigenvalue weighted by atomic mass is 32.2. The Morgan fingerprint density at radius 1 is 1.19 bits per heavy atom. The van der Waals surface area contributed by atoms with E-state index >= 15 is 0 Å². The largest absolute Gasteiger partial charge is 0.324 e. The minimum Gasteiger partial charge on any atom is -0.324 e. The van der Waals surface area contributed by atoms with Gasteiger partial charge in [-0.05, 0) is 37.5 Å². The van der Waals surface area contributed by atoms with Crippen molar-refractivity contribution in [2.24, 2.45) is 5.73 Å². The second-order valence-corrected chi connectivity index (χ2v) is 7.97. The van der Waals surface area contributed by atoms with E-state index in [1.165, 1.54) is 12.8 Å². The summed E-state index contributed by atoms with van der Waals surface area (Å²) in [7, 11) is -3.40. The summed E-state index contributed by atoms with van der Waals surface area (Å²) in [5.41, 5.74) is 6.70. The van der Waals surface area contributed by atoms with Crippen molar-refractivity contribution in [3.8, 4) is 0 Å². The Morgan fingerprint density at radius 3 is 2.43 bits per heavy atom. The molecule has 2 N–H and O–H groups in total. The fourth-order valence-corrected chi connectivity index (χ4v) is 4.33. The molecule has 0 spiro atoms. The molecule has 21 heavy (non-hydrogen) atoms. The van der Waals surface area contributed by atoms with E-state index in [1.807, 2.05) is 13.0 Å². The normalized spacial score (nSPS) is 23.1. The molecule has 0 radical (unpaired) electrons. The average Bonchev–Trinajstić information content (AvgIpc) is 3.32. The zero-order valence-electron chi connectivity index (χ0n) is 12.4. The van der Waals surface area contributed by atoms with Crippen molar-refractivity contribution >= 4 is 10.0 Å². The van der Waals surface area contributed by atoms with Gasteiger partial charge in [-0.1, -0.05) is 12.1 Å². The van der Waals surface area contributed by atoms with E-state index in [9.17, 15) is 8.42 Å². The molecule has 1 saturated carbocycles. The molecular formula is C15H23N3O2S. The number of rotatable bonds is 4. The van der Waals surface area contributed by atoms with Crippen LogP contribution in [0.3, 0.4) is 0 Å². The van der Waals surface area contributed by atoms with E-state index in [4.69, 9.17) is 5.73 Å². The number of nitrogens with zero attached hydrogens (tertiary/aromatic N) is 2. The third-order valence-electron chi connectivity index (χ3n) is 4.36. The maximum absolute atomic E-state index is 12.7. The molecular weight excluding hydrogens is 286 g/mol. The molecule has 1 saturated heterocycles. The SMILES string of the molecule is CC(N)c1cccc(S(=O)(=O)N2CCN(C3CC3)CC2)c1. The summed E-state index contributed by atoms with van der Waals surface area (Å²) in [6.07, 6.45) is 2.53. The summed E-state index contributed by atoms with van der Waals surface area (Å²) >= 11 is 0. The number of hydrogen-bond donors (Lipinski definition) is 1. The highest BCUT2D eigenvalue weighted by Crippen LogP contribution is 2.28. The van der Waals surface area contributed by atoms with Gasteiger partial charge in [-0.2, -0.15) is 4.31 Å². The minimum absolute atomic E-state index is 0.160. The summed E-state index contributed by atoms with van der Waals surface area (Å²) in [4.78, 5) is 2.77. The molecule has 1 aromatic rings. The zero-order chi connectivity index (χ0) is 15.0. The third-order valence-corrected chi connectivity index (χ3v) is 6.25. The highest BCUT2D eigenvalue weighted by Gasteiger charge is 2.34. The zero-order valence-corrected chi connectivity index (χ0v) is 13.2. The van der Waals surface area contributed by atoms with Crippen LogP contribution >= 0.6 is 0 Å². The Kier molecular flexibility index (Phi) is 4.05. The molecule has 0 bridgehead atoms. The number of benzene rings is 1. The van der Waals surface area contributed by atoms with E-state index in [-0.39, 0.29) is 6.04 Å². The van der Waals surface area contributed by atoms with Crippen LogP contribution < -0.4 is 5.73 Å². The fourth-order valence-electron chi connectivity index (χ4n) is 2.86. The smallest absolute Gasteiger partial charge is 0.243 e. The lowest BCUT2D eigenvalue weighted by atomic mass is 10.1. The minimum atomic E-state index is -3.40. The van der Waals surface area contributed by atoms with Crippen LogP contribution in [0.4, 0.5) is 0 Å². The number of nitrogens with two attached hydrogens (primary N) is 1. The van der Waals surface area contributed by atoms with Crippen LogP contribution in [-0.2, 0) is 10.0 Å². The molecule has 116 valence electrons. The Hall–Kier alpha value is -0.950. The predicted molar refractivity (Wildman–Crippen MR) is 82.4 cm³/mol. The second-order valence-electron chi connectivity index (χ2n) is 6.03. The second kappa shape index (κ2) is 5.68. The van der Waals surface area contributed by atoms with Gasteiger partial charge in [-0.25, -0.2) is 8.42 Å². The van der Waals surface area contributed by atoms with Gasteiger partial charge in [0, 0.05) is 38.3 Å². The fraction of sp³-hybridized carbons (Fsp3) is 0.600. The van der Waals surface area contributed by atoms with Crippen molar-refractivity contribution in [2.75, 3.05) is 26.2 Å². The quantitative estimate of drug-likeness (QED) is 0.907. The predicted octanol–water partition coefficient (Wildman–Crippen LogP) is 1.17. The Morgan fingerprint density at radius 2 is 1.86 bits per heavy atom. The number of piperazine rings is 1. The maximum atomic E-state index is 12.7. The summed E-state index contributed by atoms with van der Waals surface area (Å²) in [5.74, 6) is 0. The number of hydrogen-bond acceptors (Lipinski definition) is 4. The van der Waals surface area contributed by atoms with Crippen LogP contribution in [0.15, 0.2) is 29.2 Å². The molecule has 5 nitrogen and oxygen atoms in total. The van der Waals surface area contributed by atoms with Gasteiger partial charge in [0.1, 0.15) is 0 Å². The highest BCUT2D eigenvalue weighted by molar-refractivity contribution is 7.89. The van der Waals surface area contributed by atoms with Crippen molar-refractivity contribution < 1.29 is 8.42 Å². The van der Waals surface area contributed by atoms with Gasteiger partial charge >= 0.3 is 0 Å². The van der Waals surface area contributed by atoms with E-state index in [1.54, 1.807) is 22.5 Å². The maximum Gasteiger partial charge on any atom is 0.243 e. The summed E-state index contributed by atoms with van der Waals surface area (Å²) in [6, 6.07) is 7.55. The first-order chi connectivity index (χ1) is 9.98. The van der Waals surface area contributed by atoms with Crippen LogP contribution in [0.25, 0.3) is 0 Å². The third kappa shape index (κ3) is 3.13. The summed E-state index contributed by atoms with van der Waals surface area (Å²) in [6.45, 7) is 4.72. The Balaban J connectivity index is 1.75. The van der Waals surface area contributed by atoms with Gasteiger partial charge in [0.2, 0.25) is 10.0 Å². The van der Waals surface area contributed by atoms with Gasteiger partial charge in [-0.3, -0.25) is 4.90 Å². The molecule has 2 fully saturated rings. The Bertz CT molecular complexity index is 603.